The van der Waals surface area contributed by atoms with Gasteiger partial charge in [0, 0.05) is 17.6 Å². The molecule has 0 N–H and O–H groups in total. The van der Waals surface area contributed by atoms with Crippen molar-refractivity contribution in [3.8, 4) is 0 Å². The number of fused-ring (bicyclic) bond motifs is 1. The number of amides is 1. The van der Waals surface area contributed by atoms with E-state index in [0.717, 1.165) is 13.0 Å². The quantitative estimate of drug-likeness (QED) is 0.730. The molecule has 0 unspecified atom stereocenters. The second-order valence-corrected chi connectivity index (χ2v) is 7.14. The lowest BCUT2D eigenvalue weighted by molar-refractivity contribution is 0.0679. The first-order valence-electron chi connectivity index (χ1n) is 8.16. The molecule has 3 heterocycles. The van der Waals surface area contributed by atoms with Crippen LogP contribution in [0.1, 0.15) is 39.3 Å². The lowest BCUT2D eigenvalue weighted by Crippen LogP contribution is -2.38. The number of aromatic nitrogens is 2. The minimum Gasteiger partial charge on any atom is -0.331 e. The third kappa shape index (κ3) is 2.76. The van der Waals surface area contributed by atoms with Gasteiger partial charge in [-0.15, -0.1) is 11.3 Å². The molecule has 1 aliphatic heterocycles. The third-order valence-electron chi connectivity index (χ3n) is 4.61. The lowest BCUT2D eigenvalue weighted by atomic mass is 10.0. The molecule has 0 spiro atoms. The van der Waals surface area contributed by atoms with Gasteiger partial charge in [0.2, 0.25) is 0 Å². The molecular weight excluding hydrogens is 318 g/mol. The Balaban J connectivity index is 1.51. The Morgan fingerprint density at radius 3 is 2.96 bits per heavy atom. The van der Waals surface area contributed by atoms with Crippen LogP contribution in [0, 0.1) is 0 Å². The number of hydrogen-bond donors (Lipinski definition) is 0. The van der Waals surface area contributed by atoms with Crippen LogP contribution >= 0.6 is 11.3 Å². The highest BCUT2D eigenvalue weighted by atomic mass is 32.1. The van der Waals surface area contributed by atoms with E-state index in [-0.39, 0.29) is 11.9 Å². The maximum Gasteiger partial charge on any atom is 0.257 e. The van der Waals surface area contributed by atoms with Gasteiger partial charge < -0.3 is 4.90 Å². The predicted octanol–water partition coefficient (Wildman–Crippen LogP) is 3.75. The molecule has 4 rings (SSSR count). The first kappa shape index (κ1) is 15.1. The Hall–Kier alpha value is -2.40. The zero-order valence-corrected chi connectivity index (χ0v) is 14.4. The fourth-order valence-corrected chi connectivity index (χ4v) is 4.25. The van der Waals surface area contributed by atoms with Gasteiger partial charge in [-0.05, 0) is 35.9 Å². The molecule has 1 aromatic carbocycles. The van der Waals surface area contributed by atoms with Crippen molar-refractivity contribution in [3.63, 3.8) is 0 Å². The highest BCUT2D eigenvalue weighted by molar-refractivity contribution is 7.10. The van der Waals surface area contributed by atoms with E-state index in [1.807, 2.05) is 34.0 Å². The lowest BCUT2D eigenvalue weighted by Gasteiger charge is -2.33. The molecule has 0 aliphatic carbocycles. The van der Waals surface area contributed by atoms with Gasteiger partial charge in [-0.2, -0.15) is 5.10 Å². The second kappa shape index (κ2) is 6.24. The largest absolute Gasteiger partial charge is 0.331 e. The van der Waals surface area contributed by atoms with Crippen molar-refractivity contribution < 1.29 is 4.79 Å². The van der Waals surface area contributed by atoms with Gasteiger partial charge in [0.25, 0.3) is 5.91 Å². The fourth-order valence-electron chi connectivity index (χ4n) is 3.28. The summed E-state index contributed by atoms with van der Waals surface area (Å²) in [5.74, 6) is 0.0682. The molecule has 1 atom stereocenters. The topological polar surface area (TPSA) is 38.1 Å². The first-order chi connectivity index (χ1) is 11.7. The molecule has 0 radical (unpaired) electrons. The number of nitrogens with zero attached hydrogens (tertiary/aromatic N) is 3. The smallest absolute Gasteiger partial charge is 0.257 e. The maximum atomic E-state index is 12.9. The zero-order chi connectivity index (χ0) is 16.5. The molecule has 122 valence electrons. The van der Waals surface area contributed by atoms with Crippen molar-refractivity contribution in [2.75, 3.05) is 6.54 Å². The van der Waals surface area contributed by atoms with Gasteiger partial charge >= 0.3 is 0 Å². The number of carbonyl (C=O) groups is 1. The molecule has 24 heavy (non-hydrogen) atoms. The monoisotopic (exact) mass is 337 g/mol. The molecule has 2 aromatic heterocycles. The summed E-state index contributed by atoms with van der Waals surface area (Å²) in [6.07, 6.45) is 4.48. The third-order valence-corrected chi connectivity index (χ3v) is 5.60. The maximum absolute atomic E-state index is 12.9. The van der Waals surface area contributed by atoms with E-state index in [9.17, 15) is 4.79 Å². The molecule has 0 saturated carbocycles. The average Bonchev–Trinajstić information content (AvgIpc) is 3.25. The van der Waals surface area contributed by atoms with Crippen LogP contribution < -0.4 is 0 Å². The zero-order valence-electron chi connectivity index (χ0n) is 13.6. The van der Waals surface area contributed by atoms with E-state index in [4.69, 9.17) is 0 Å². The van der Waals surface area contributed by atoms with Crippen molar-refractivity contribution in [1.82, 2.24) is 14.7 Å². The van der Waals surface area contributed by atoms with Crippen molar-refractivity contribution >= 4 is 17.2 Å². The van der Waals surface area contributed by atoms with Crippen LogP contribution in [0.25, 0.3) is 0 Å². The highest BCUT2D eigenvalue weighted by Gasteiger charge is 2.29. The Kier molecular flexibility index (Phi) is 3.94. The van der Waals surface area contributed by atoms with E-state index >= 15 is 0 Å². The molecule has 0 bridgehead atoms. The molecule has 0 fully saturated rings. The van der Waals surface area contributed by atoms with E-state index in [1.165, 1.54) is 16.0 Å². The highest BCUT2D eigenvalue weighted by Crippen LogP contribution is 2.33. The van der Waals surface area contributed by atoms with Crippen LogP contribution in [0.5, 0.6) is 0 Å². The van der Waals surface area contributed by atoms with Gasteiger partial charge in [-0.1, -0.05) is 30.3 Å². The second-order valence-electron chi connectivity index (χ2n) is 6.14. The van der Waals surface area contributed by atoms with Crippen LogP contribution in [-0.4, -0.2) is 27.1 Å². The van der Waals surface area contributed by atoms with Gasteiger partial charge in [0.1, 0.15) is 0 Å². The normalized spacial score (nSPS) is 16.9. The van der Waals surface area contributed by atoms with Gasteiger partial charge in [0.05, 0.1) is 24.3 Å². The van der Waals surface area contributed by atoms with E-state index in [1.54, 1.807) is 17.5 Å². The van der Waals surface area contributed by atoms with Crippen LogP contribution in [0.4, 0.5) is 0 Å². The van der Waals surface area contributed by atoms with E-state index in [0.29, 0.717) is 12.1 Å². The van der Waals surface area contributed by atoms with Gasteiger partial charge in [-0.25, -0.2) is 0 Å². The van der Waals surface area contributed by atoms with Crippen LogP contribution in [-0.2, 0) is 13.0 Å². The standard InChI is InChI=1S/C19H19N3OS/c1-14-17-8-10-24-18(17)7-9-22(14)19(23)16-11-20-21(13-16)12-15-5-3-2-4-6-15/h2-6,8,10-11,13-14H,7,9,12H2,1H3/t14-/m1/s1. The summed E-state index contributed by atoms with van der Waals surface area (Å²) in [5.41, 5.74) is 3.13. The predicted molar refractivity (Wildman–Crippen MR) is 95.2 cm³/mol. The minimum absolute atomic E-state index is 0.0682. The summed E-state index contributed by atoms with van der Waals surface area (Å²) in [7, 11) is 0. The molecule has 0 saturated heterocycles. The van der Waals surface area contributed by atoms with Crippen LogP contribution in [0.3, 0.4) is 0 Å². The van der Waals surface area contributed by atoms with Crippen molar-refractivity contribution in [2.45, 2.75) is 25.9 Å². The number of hydrogen-bond acceptors (Lipinski definition) is 3. The molecule has 3 aromatic rings. The molecule has 1 amide bonds. The van der Waals surface area contributed by atoms with Crippen LogP contribution in [0.2, 0.25) is 0 Å². The summed E-state index contributed by atoms with van der Waals surface area (Å²) < 4.78 is 1.83. The van der Waals surface area contributed by atoms with Gasteiger partial charge in [-0.3, -0.25) is 9.48 Å². The van der Waals surface area contributed by atoms with E-state index < -0.39 is 0 Å². The first-order valence-corrected chi connectivity index (χ1v) is 9.04. The van der Waals surface area contributed by atoms with Crippen molar-refractivity contribution in [3.05, 3.63) is 75.7 Å². The Labute approximate surface area is 145 Å². The Bertz CT molecular complexity index is 852. The summed E-state index contributed by atoms with van der Waals surface area (Å²) in [5, 5.41) is 6.48. The Morgan fingerprint density at radius 1 is 1.29 bits per heavy atom. The summed E-state index contributed by atoms with van der Waals surface area (Å²) >= 11 is 1.79. The summed E-state index contributed by atoms with van der Waals surface area (Å²) in [6.45, 7) is 3.56. The van der Waals surface area contributed by atoms with Crippen molar-refractivity contribution in [2.24, 2.45) is 0 Å². The van der Waals surface area contributed by atoms with Crippen molar-refractivity contribution in [1.29, 1.82) is 0 Å². The van der Waals surface area contributed by atoms with E-state index in [2.05, 4.69) is 35.6 Å². The number of carbonyl (C=O) groups excluding carboxylic acids is 1. The summed E-state index contributed by atoms with van der Waals surface area (Å²) in [4.78, 5) is 16.2. The molecule has 4 nitrogen and oxygen atoms in total. The fraction of sp³-hybridized carbons (Fsp3) is 0.263. The number of rotatable bonds is 3. The number of benzene rings is 1. The molecule has 5 heteroatoms. The average molecular weight is 337 g/mol. The van der Waals surface area contributed by atoms with Crippen LogP contribution in [0.15, 0.2) is 54.2 Å². The summed E-state index contributed by atoms with van der Waals surface area (Å²) in [6, 6.07) is 12.4. The molecular formula is C19H19N3OS. The number of thiophene rings is 1. The van der Waals surface area contributed by atoms with Gasteiger partial charge in [0.15, 0.2) is 0 Å². The Morgan fingerprint density at radius 2 is 2.12 bits per heavy atom. The SMILES string of the molecule is C[C@@H]1c2ccsc2CCN1C(=O)c1cnn(Cc2ccccc2)c1. The molecule has 1 aliphatic rings. The minimum atomic E-state index is 0.0682.